The van der Waals surface area contributed by atoms with E-state index in [0.29, 0.717) is 24.3 Å². The average Bonchev–Trinajstić information content (AvgIpc) is 3.22. The van der Waals surface area contributed by atoms with Crippen molar-refractivity contribution < 1.29 is 18.0 Å². The molecular formula is C27H33F3N4O. The Morgan fingerprint density at radius 1 is 1.09 bits per heavy atom. The van der Waals surface area contributed by atoms with Crippen molar-refractivity contribution in [3.05, 3.63) is 76.7 Å². The maximum Gasteiger partial charge on any atom is 0.237 e. The fraction of sp³-hybridized carbons (Fsp3) is 0.407. The van der Waals surface area contributed by atoms with Crippen molar-refractivity contribution in [3.8, 4) is 11.3 Å². The molecule has 0 fully saturated rings. The molecule has 35 heavy (non-hydrogen) atoms. The summed E-state index contributed by atoms with van der Waals surface area (Å²) in [5, 5.41) is 0. The van der Waals surface area contributed by atoms with Crippen LogP contribution in [0.1, 0.15) is 56.3 Å². The van der Waals surface area contributed by atoms with Crippen molar-refractivity contribution in [1.29, 1.82) is 0 Å². The molecule has 8 heteroatoms. The molecule has 1 aliphatic heterocycles. The lowest BCUT2D eigenvalue weighted by Gasteiger charge is -2.42. The summed E-state index contributed by atoms with van der Waals surface area (Å²) in [5.74, 6) is 0.0780. The van der Waals surface area contributed by atoms with E-state index in [1.807, 2.05) is 34.6 Å². The lowest BCUT2D eigenvalue weighted by Crippen LogP contribution is -2.53. The highest BCUT2D eigenvalue weighted by atomic mass is 19.1. The molecule has 0 unspecified atom stereocenters. The molecule has 2 heterocycles. The number of benzene rings is 2. The van der Waals surface area contributed by atoms with Gasteiger partial charge in [-0.1, -0.05) is 31.5 Å². The summed E-state index contributed by atoms with van der Waals surface area (Å²) >= 11 is 0. The lowest BCUT2D eigenvalue weighted by molar-refractivity contribution is -0.137. The van der Waals surface area contributed by atoms with Crippen LogP contribution >= 0.6 is 0 Å². The normalized spacial score (nSPS) is 14.4. The van der Waals surface area contributed by atoms with E-state index < -0.39 is 18.0 Å². The van der Waals surface area contributed by atoms with Crippen LogP contribution in [0.25, 0.3) is 11.3 Å². The van der Waals surface area contributed by atoms with Crippen LogP contribution in [0.4, 0.5) is 13.2 Å². The predicted octanol–water partition coefficient (Wildman–Crippen LogP) is 5.45. The number of rotatable bonds is 4. The van der Waals surface area contributed by atoms with Gasteiger partial charge >= 0.3 is 0 Å². The third kappa shape index (κ3) is 5.59. The fourth-order valence-corrected chi connectivity index (χ4v) is 4.50. The Kier molecular flexibility index (Phi) is 8.05. The zero-order valence-electron chi connectivity index (χ0n) is 20.9. The number of nitrogens with zero attached hydrogens (tertiary/aromatic N) is 3. The van der Waals surface area contributed by atoms with Crippen molar-refractivity contribution >= 4 is 5.91 Å². The van der Waals surface area contributed by atoms with Gasteiger partial charge in [-0.2, -0.15) is 0 Å². The van der Waals surface area contributed by atoms with Crippen LogP contribution in [0.2, 0.25) is 0 Å². The van der Waals surface area contributed by atoms with E-state index in [-0.39, 0.29) is 29.8 Å². The van der Waals surface area contributed by atoms with E-state index in [0.717, 1.165) is 17.1 Å². The van der Waals surface area contributed by atoms with Crippen LogP contribution in [-0.2, 0) is 23.6 Å². The Labute approximate surface area is 204 Å². The summed E-state index contributed by atoms with van der Waals surface area (Å²) < 4.78 is 41.4. The number of imidazole rings is 1. The van der Waals surface area contributed by atoms with Crippen molar-refractivity contribution in [1.82, 2.24) is 14.5 Å². The predicted molar refractivity (Wildman–Crippen MR) is 131 cm³/mol. The first-order chi connectivity index (χ1) is 16.5. The fourth-order valence-electron chi connectivity index (χ4n) is 4.50. The second-order valence-corrected chi connectivity index (χ2v) is 9.56. The summed E-state index contributed by atoms with van der Waals surface area (Å²) in [4.78, 5) is 18.8. The molecule has 1 aromatic heterocycles. The van der Waals surface area contributed by atoms with Gasteiger partial charge in [-0.25, -0.2) is 18.2 Å². The molecule has 2 N–H and O–H groups in total. The lowest BCUT2D eigenvalue weighted by atomic mass is 9.98. The van der Waals surface area contributed by atoms with Crippen LogP contribution in [0.3, 0.4) is 0 Å². The molecule has 2 aromatic carbocycles. The number of halogens is 3. The van der Waals surface area contributed by atoms with E-state index >= 15 is 0 Å². The van der Waals surface area contributed by atoms with Gasteiger partial charge < -0.3 is 15.2 Å². The quantitative estimate of drug-likeness (QED) is 0.533. The molecule has 1 aliphatic rings. The summed E-state index contributed by atoms with van der Waals surface area (Å²) in [6.07, 6.45) is 0. The van der Waals surface area contributed by atoms with E-state index in [4.69, 9.17) is 10.7 Å². The highest BCUT2D eigenvalue weighted by molar-refractivity contribution is 5.79. The standard InChI is InChI=1S/C20H26F2N4O.C7H7F/c1-12(2)18-17(14-7-13(10-21)8-15(22)9-14)24-19-20(3,4)26(16(27)11-23)6-5-25(18)19;1-6-2-4-7(8)5-3-6/h7-9,12H,5-6,10-11,23H2,1-4H3;2-5H,1H3. The Hall–Kier alpha value is -3.13. The second-order valence-electron chi connectivity index (χ2n) is 9.56. The Morgan fingerprint density at radius 2 is 1.74 bits per heavy atom. The molecule has 0 spiro atoms. The van der Waals surface area contributed by atoms with E-state index in [2.05, 4.69) is 4.57 Å². The van der Waals surface area contributed by atoms with Crippen LogP contribution < -0.4 is 5.73 Å². The Bertz CT molecular complexity index is 1160. The second kappa shape index (κ2) is 10.6. The molecule has 0 saturated heterocycles. The SMILES string of the molecule is CC(C)c1c(-c2cc(F)cc(CF)c2)nc2n1CCN(C(=O)CN)C2(C)C.Cc1ccc(F)cc1. The van der Waals surface area contributed by atoms with Crippen LogP contribution in [-0.4, -0.2) is 33.4 Å². The third-order valence-corrected chi connectivity index (χ3v) is 6.19. The zero-order chi connectivity index (χ0) is 25.9. The monoisotopic (exact) mass is 486 g/mol. The molecule has 3 aromatic rings. The number of nitrogens with two attached hydrogens (primary N) is 1. The molecule has 5 nitrogen and oxygen atoms in total. The highest BCUT2D eigenvalue weighted by Crippen LogP contribution is 2.38. The summed E-state index contributed by atoms with van der Waals surface area (Å²) in [7, 11) is 0. The Morgan fingerprint density at radius 3 is 2.29 bits per heavy atom. The van der Waals surface area contributed by atoms with Gasteiger partial charge in [0.1, 0.15) is 24.1 Å². The number of fused-ring (bicyclic) bond motifs is 1. The third-order valence-electron chi connectivity index (χ3n) is 6.19. The molecule has 0 atom stereocenters. The molecular weight excluding hydrogens is 453 g/mol. The molecule has 0 aliphatic carbocycles. The van der Waals surface area contributed by atoms with Crippen molar-refractivity contribution in [2.75, 3.05) is 13.1 Å². The molecule has 1 amide bonds. The summed E-state index contributed by atoms with van der Waals surface area (Å²) in [6.45, 7) is 10.2. The van der Waals surface area contributed by atoms with E-state index in [9.17, 15) is 18.0 Å². The molecule has 4 rings (SSSR count). The Balaban J connectivity index is 0.000000363. The van der Waals surface area contributed by atoms with Crippen molar-refractivity contribution in [3.63, 3.8) is 0 Å². The molecule has 188 valence electrons. The first-order valence-electron chi connectivity index (χ1n) is 11.7. The number of hydrogen-bond acceptors (Lipinski definition) is 3. The maximum absolute atomic E-state index is 14.0. The highest BCUT2D eigenvalue weighted by Gasteiger charge is 2.41. The van der Waals surface area contributed by atoms with Gasteiger partial charge in [0, 0.05) is 24.3 Å². The van der Waals surface area contributed by atoms with Crippen LogP contribution in [0.15, 0.2) is 42.5 Å². The minimum absolute atomic E-state index is 0.0577. The van der Waals surface area contributed by atoms with Gasteiger partial charge in [-0.3, -0.25) is 4.79 Å². The van der Waals surface area contributed by atoms with Gasteiger partial charge in [0.15, 0.2) is 0 Å². The summed E-state index contributed by atoms with van der Waals surface area (Å²) in [5.41, 5.74) is 8.46. The topological polar surface area (TPSA) is 64.2 Å². The largest absolute Gasteiger partial charge is 0.327 e. The van der Waals surface area contributed by atoms with Gasteiger partial charge in [0.25, 0.3) is 0 Å². The van der Waals surface area contributed by atoms with Gasteiger partial charge in [-0.05, 0) is 62.6 Å². The number of aryl methyl sites for hydroxylation is 1. The first kappa shape index (κ1) is 26.5. The van der Waals surface area contributed by atoms with E-state index in [1.54, 1.807) is 23.1 Å². The van der Waals surface area contributed by atoms with Gasteiger partial charge in [0.05, 0.1) is 17.8 Å². The smallest absolute Gasteiger partial charge is 0.237 e. The average molecular weight is 487 g/mol. The number of alkyl halides is 1. The summed E-state index contributed by atoms with van der Waals surface area (Å²) in [6, 6.07) is 10.6. The van der Waals surface area contributed by atoms with Crippen molar-refractivity contribution in [2.24, 2.45) is 5.73 Å². The van der Waals surface area contributed by atoms with Gasteiger partial charge in [-0.15, -0.1) is 0 Å². The molecule has 0 saturated carbocycles. The molecule has 0 bridgehead atoms. The number of carbonyl (C=O) groups is 1. The van der Waals surface area contributed by atoms with Crippen molar-refractivity contribution in [2.45, 2.75) is 59.3 Å². The maximum atomic E-state index is 14.0. The minimum atomic E-state index is -0.736. The number of hydrogen-bond donors (Lipinski definition) is 1. The van der Waals surface area contributed by atoms with Crippen LogP contribution in [0, 0.1) is 18.6 Å². The zero-order valence-corrected chi connectivity index (χ0v) is 20.9. The molecule has 0 radical (unpaired) electrons. The number of carbonyl (C=O) groups excluding carboxylic acids is 1. The minimum Gasteiger partial charge on any atom is -0.327 e. The number of aromatic nitrogens is 2. The van der Waals surface area contributed by atoms with Gasteiger partial charge in [0.2, 0.25) is 5.91 Å². The van der Waals surface area contributed by atoms with Crippen LogP contribution in [0.5, 0.6) is 0 Å². The first-order valence-corrected chi connectivity index (χ1v) is 11.7. The number of amides is 1. The van der Waals surface area contributed by atoms with E-state index in [1.165, 1.54) is 24.3 Å².